The van der Waals surface area contributed by atoms with Crippen molar-refractivity contribution in [1.82, 2.24) is 14.7 Å². The molecule has 6 nitrogen and oxygen atoms in total. The molecule has 0 unspecified atom stereocenters. The number of piperazine rings is 1. The molecule has 0 aromatic carbocycles. The largest absolute Gasteiger partial charge is 0.471 e. The van der Waals surface area contributed by atoms with Gasteiger partial charge in [0.2, 0.25) is 5.91 Å². The first-order valence-electron chi connectivity index (χ1n) is 8.05. The maximum absolute atomic E-state index is 12.5. The van der Waals surface area contributed by atoms with Crippen LogP contribution >= 0.6 is 0 Å². The Bertz CT molecular complexity index is 494. The summed E-state index contributed by atoms with van der Waals surface area (Å²) in [5, 5.41) is 0. The highest BCUT2D eigenvalue weighted by Gasteiger charge is 2.44. The first-order chi connectivity index (χ1) is 11.2. The molecule has 0 N–H and O–H groups in total. The van der Waals surface area contributed by atoms with Crippen LogP contribution in [0.2, 0.25) is 0 Å². The second-order valence-corrected chi connectivity index (χ2v) is 6.37. The molecule has 2 aliphatic rings. The average molecular weight is 349 g/mol. The van der Waals surface area contributed by atoms with Crippen molar-refractivity contribution in [2.75, 3.05) is 45.8 Å². The monoisotopic (exact) mass is 349 g/mol. The smallest absolute Gasteiger partial charge is 0.340 e. The molecule has 0 aromatic rings. The van der Waals surface area contributed by atoms with Gasteiger partial charge >= 0.3 is 12.1 Å². The number of alkyl halides is 3. The zero-order valence-electron chi connectivity index (χ0n) is 13.6. The van der Waals surface area contributed by atoms with Crippen molar-refractivity contribution >= 4 is 17.6 Å². The third-order valence-electron chi connectivity index (χ3n) is 4.50. The minimum atomic E-state index is -4.86. The number of nitrogens with zero attached hydrogens (tertiary/aromatic N) is 3. The SMILES string of the molecule is CC(=O)CN1CCN(C(=O)C2CCN(C(=O)C(F)(F)F)CC2)CC1. The predicted molar refractivity (Wildman–Crippen MR) is 79.1 cm³/mol. The van der Waals surface area contributed by atoms with Crippen molar-refractivity contribution < 1.29 is 27.6 Å². The van der Waals surface area contributed by atoms with Gasteiger partial charge in [0.15, 0.2) is 0 Å². The summed E-state index contributed by atoms with van der Waals surface area (Å²) in [6.45, 7) is 4.10. The summed E-state index contributed by atoms with van der Waals surface area (Å²) < 4.78 is 37.2. The molecule has 0 saturated carbocycles. The second kappa shape index (κ2) is 7.50. The van der Waals surface area contributed by atoms with E-state index in [1.165, 1.54) is 6.92 Å². The van der Waals surface area contributed by atoms with Crippen LogP contribution in [0.4, 0.5) is 13.2 Å². The van der Waals surface area contributed by atoms with Crippen LogP contribution in [0.25, 0.3) is 0 Å². The Labute approximate surface area is 138 Å². The van der Waals surface area contributed by atoms with Crippen LogP contribution in [-0.2, 0) is 14.4 Å². The molecular weight excluding hydrogens is 327 g/mol. The number of halogens is 3. The van der Waals surface area contributed by atoms with E-state index in [0.29, 0.717) is 32.7 Å². The zero-order valence-corrected chi connectivity index (χ0v) is 13.6. The van der Waals surface area contributed by atoms with Crippen LogP contribution in [0.1, 0.15) is 19.8 Å². The standard InChI is InChI=1S/C15H22F3N3O3/c1-11(22)10-19-6-8-20(9-7-19)13(23)12-2-4-21(5-3-12)14(24)15(16,17)18/h12H,2-10H2,1H3. The highest BCUT2D eigenvalue weighted by Crippen LogP contribution is 2.25. The summed E-state index contributed by atoms with van der Waals surface area (Å²) in [4.78, 5) is 39.2. The molecule has 24 heavy (non-hydrogen) atoms. The number of piperidine rings is 1. The van der Waals surface area contributed by atoms with Gasteiger partial charge < -0.3 is 9.80 Å². The molecule has 2 fully saturated rings. The Kier molecular flexibility index (Phi) is 5.84. The summed E-state index contributed by atoms with van der Waals surface area (Å²) in [7, 11) is 0. The molecular formula is C15H22F3N3O3. The van der Waals surface area contributed by atoms with Gasteiger partial charge in [-0.15, -0.1) is 0 Å². The molecule has 0 spiro atoms. The third-order valence-corrected chi connectivity index (χ3v) is 4.50. The van der Waals surface area contributed by atoms with Gasteiger partial charge in [-0.25, -0.2) is 0 Å². The van der Waals surface area contributed by atoms with E-state index in [9.17, 15) is 27.6 Å². The molecule has 9 heteroatoms. The molecule has 2 rings (SSSR count). The lowest BCUT2D eigenvalue weighted by molar-refractivity contribution is -0.187. The Morgan fingerprint density at radius 2 is 1.46 bits per heavy atom. The fourth-order valence-corrected chi connectivity index (χ4v) is 3.21. The molecule has 2 heterocycles. The summed E-state index contributed by atoms with van der Waals surface area (Å²) in [5.41, 5.74) is 0. The van der Waals surface area contributed by atoms with Crippen molar-refractivity contribution in [3.8, 4) is 0 Å². The summed E-state index contributed by atoms with van der Waals surface area (Å²) >= 11 is 0. The average Bonchev–Trinajstić information content (AvgIpc) is 2.53. The molecule has 0 aliphatic carbocycles. The number of amides is 2. The van der Waals surface area contributed by atoms with Crippen LogP contribution in [-0.4, -0.2) is 84.3 Å². The first kappa shape index (κ1) is 18.7. The van der Waals surface area contributed by atoms with E-state index < -0.39 is 12.1 Å². The quantitative estimate of drug-likeness (QED) is 0.745. The molecule has 0 radical (unpaired) electrons. The number of likely N-dealkylation sites (tertiary alicyclic amines) is 1. The number of Topliss-reactive ketones (excluding diaryl/α,β-unsaturated/α-hetero) is 1. The first-order valence-corrected chi connectivity index (χ1v) is 8.05. The number of carbonyl (C=O) groups excluding carboxylic acids is 3. The lowest BCUT2D eigenvalue weighted by atomic mass is 9.95. The van der Waals surface area contributed by atoms with Crippen molar-refractivity contribution in [1.29, 1.82) is 0 Å². The van der Waals surface area contributed by atoms with E-state index in [2.05, 4.69) is 0 Å². The Hall–Kier alpha value is -1.64. The van der Waals surface area contributed by atoms with E-state index in [-0.39, 0.29) is 43.5 Å². The summed E-state index contributed by atoms with van der Waals surface area (Å²) in [6.07, 6.45) is -4.34. The molecule has 2 amide bonds. The van der Waals surface area contributed by atoms with Crippen LogP contribution in [0.3, 0.4) is 0 Å². The minimum Gasteiger partial charge on any atom is -0.340 e. The second-order valence-electron chi connectivity index (χ2n) is 6.37. The van der Waals surface area contributed by atoms with E-state index in [1.54, 1.807) is 4.90 Å². The van der Waals surface area contributed by atoms with E-state index in [4.69, 9.17) is 0 Å². The number of hydrogen-bond donors (Lipinski definition) is 0. The van der Waals surface area contributed by atoms with Crippen molar-refractivity contribution in [3.63, 3.8) is 0 Å². The maximum atomic E-state index is 12.5. The molecule has 0 atom stereocenters. The Balaban J connectivity index is 1.79. The van der Waals surface area contributed by atoms with Crippen molar-refractivity contribution in [2.45, 2.75) is 25.9 Å². The minimum absolute atomic E-state index is 0.0426. The number of ketones is 1. The number of rotatable bonds is 3. The van der Waals surface area contributed by atoms with E-state index >= 15 is 0 Å². The highest BCUT2D eigenvalue weighted by molar-refractivity contribution is 5.83. The molecule has 0 aromatic heterocycles. The van der Waals surface area contributed by atoms with Gasteiger partial charge in [-0.3, -0.25) is 19.3 Å². The third kappa shape index (κ3) is 4.68. The van der Waals surface area contributed by atoms with Gasteiger partial charge in [0, 0.05) is 45.2 Å². The predicted octanol–water partition coefficient (Wildman–Crippen LogP) is 0.520. The number of carbonyl (C=O) groups is 3. The van der Waals surface area contributed by atoms with Gasteiger partial charge in [0.25, 0.3) is 0 Å². The fourth-order valence-electron chi connectivity index (χ4n) is 3.21. The lowest BCUT2D eigenvalue weighted by Crippen LogP contribution is -2.53. The van der Waals surface area contributed by atoms with Crippen LogP contribution in [0, 0.1) is 5.92 Å². The summed E-state index contributed by atoms with van der Waals surface area (Å²) in [6, 6.07) is 0. The highest BCUT2D eigenvalue weighted by atomic mass is 19.4. The normalized spacial score (nSPS) is 21.0. The van der Waals surface area contributed by atoms with Gasteiger partial charge in [-0.1, -0.05) is 0 Å². The van der Waals surface area contributed by atoms with Gasteiger partial charge in [-0.2, -0.15) is 13.2 Å². The molecule has 2 aliphatic heterocycles. The lowest BCUT2D eigenvalue weighted by Gasteiger charge is -2.38. The number of hydrogen-bond acceptors (Lipinski definition) is 4. The van der Waals surface area contributed by atoms with E-state index in [0.717, 1.165) is 4.90 Å². The van der Waals surface area contributed by atoms with Crippen LogP contribution < -0.4 is 0 Å². The summed E-state index contributed by atoms with van der Waals surface area (Å²) in [5.74, 6) is -2.14. The molecule has 2 saturated heterocycles. The Morgan fingerprint density at radius 1 is 0.917 bits per heavy atom. The van der Waals surface area contributed by atoms with Crippen LogP contribution in [0.15, 0.2) is 0 Å². The maximum Gasteiger partial charge on any atom is 0.471 e. The van der Waals surface area contributed by atoms with Crippen molar-refractivity contribution in [2.24, 2.45) is 5.92 Å². The topological polar surface area (TPSA) is 60.9 Å². The molecule has 0 bridgehead atoms. The Morgan fingerprint density at radius 3 is 1.92 bits per heavy atom. The fraction of sp³-hybridized carbons (Fsp3) is 0.800. The van der Waals surface area contributed by atoms with Crippen molar-refractivity contribution in [3.05, 3.63) is 0 Å². The van der Waals surface area contributed by atoms with Gasteiger partial charge in [-0.05, 0) is 19.8 Å². The van der Waals surface area contributed by atoms with E-state index in [1.807, 2.05) is 4.90 Å². The van der Waals surface area contributed by atoms with Gasteiger partial charge in [0.05, 0.1) is 6.54 Å². The zero-order chi connectivity index (χ0) is 17.9. The van der Waals surface area contributed by atoms with Crippen LogP contribution in [0.5, 0.6) is 0 Å². The molecule has 136 valence electrons. The van der Waals surface area contributed by atoms with Gasteiger partial charge in [0.1, 0.15) is 5.78 Å².